The van der Waals surface area contributed by atoms with Gasteiger partial charge in [-0.2, -0.15) is 0 Å². The predicted octanol–water partition coefficient (Wildman–Crippen LogP) is 29.6. The molecule has 0 radical (unpaired) electrons. The van der Waals surface area contributed by atoms with E-state index in [-0.39, 0.29) is 10.8 Å². The van der Waals surface area contributed by atoms with Gasteiger partial charge in [0.05, 0.1) is 0 Å². The lowest BCUT2D eigenvalue weighted by Crippen LogP contribution is -2.26. The van der Waals surface area contributed by atoms with Crippen LogP contribution in [0, 0.1) is 0 Å². The van der Waals surface area contributed by atoms with Crippen molar-refractivity contribution in [3.05, 3.63) is 318 Å². The highest BCUT2D eigenvalue weighted by molar-refractivity contribution is 5.93. The van der Waals surface area contributed by atoms with Crippen molar-refractivity contribution in [2.75, 3.05) is 14.7 Å². The Labute approximate surface area is 616 Å². The van der Waals surface area contributed by atoms with Crippen molar-refractivity contribution < 1.29 is 0 Å². The van der Waals surface area contributed by atoms with Gasteiger partial charge in [-0.1, -0.05) is 306 Å². The largest absolute Gasteiger partial charge is 0.311 e. The maximum absolute atomic E-state index is 2.65. The lowest BCUT2D eigenvalue weighted by atomic mass is 9.70. The van der Waals surface area contributed by atoms with Gasteiger partial charge in [0.1, 0.15) is 0 Å². The van der Waals surface area contributed by atoms with Crippen LogP contribution in [0.25, 0.3) is 55.6 Å². The summed E-state index contributed by atoms with van der Waals surface area (Å²) in [7, 11) is 0. The molecule has 12 aromatic rings. The molecule has 0 saturated heterocycles. The maximum Gasteiger partial charge on any atom is 0.0488 e. The van der Waals surface area contributed by atoms with Crippen LogP contribution in [0.15, 0.2) is 285 Å². The van der Waals surface area contributed by atoms with E-state index >= 15 is 0 Å². The van der Waals surface area contributed by atoms with Gasteiger partial charge in [0.25, 0.3) is 0 Å². The van der Waals surface area contributed by atoms with E-state index in [0.717, 1.165) is 71.9 Å². The summed E-state index contributed by atoms with van der Waals surface area (Å²) in [5.74, 6) is 0. The molecule has 0 saturated carbocycles. The Bertz CT molecular complexity index is 4750. The average molecular weight is 1350 g/mol. The monoisotopic (exact) mass is 1350 g/mol. The van der Waals surface area contributed by atoms with Crippen molar-refractivity contribution >= 4 is 51.2 Å². The van der Waals surface area contributed by atoms with E-state index < -0.39 is 0 Å². The second-order valence-corrected chi connectivity index (χ2v) is 29.9. The van der Waals surface area contributed by atoms with Crippen molar-refractivity contribution in [1.29, 1.82) is 0 Å². The number of benzene rings is 12. The van der Waals surface area contributed by atoms with Crippen molar-refractivity contribution in [1.82, 2.24) is 0 Å². The molecule has 0 bridgehead atoms. The molecule has 0 unspecified atom stereocenters. The Morgan fingerprint density at radius 1 is 0.214 bits per heavy atom. The first-order chi connectivity index (χ1) is 50.9. The number of fused-ring (bicyclic) bond motifs is 7. The molecule has 103 heavy (non-hydrogen) atoms. The van der Waals surface area contributed by atoms with Crippen molar-refractivity contribution in [3.8, 4) is 55.6 Å². The fourth-order valence-electron chi connectivity index (χ4n) is 17.9. The van der Waals surface area contributed by atoms with E-state index in [0.29, 0.717) is 0 Å². The zero-order chi connectivity index (χ0) is 70.0. The SMILES string of the molecule is CCCCCCC1(CCCCCC)c2ccccc2-c2ccc(N(c3ccccc3)c3cc(-c4cccc(-c5ccc6c(c5)CC6)c4)cc(N(c4ccc(-c5ccc(N(c6ccccc6)c6ccccc6)cc5)cc4)c4ccc5c(c4)C(CCCCCC)(CCCCCC)c4ccccc4-5)c3)cc21. The standard InChI is InChI=1S/C100H103N3/c1-5-9-13-30-63-99(64-31-14-10-6-2)95-45-28-26-43-91(95)93-61-59-87(72-97(93)99)102(84-41-24-19-25-42-84)89-69-81(78-36-34-35-77(67-78)80-50-48-76-47-49-79(76)68-80)70-90(71-89)103(88-60-62-94-92-44-27-29-46-96(92)100(98(94)73-88,65-32-15-11-7-3)66-33-16-12-8-4)86-57-53-75(54-58-86)74-51-55-85(56-52-74)101(82-37-20-17-21-38-82)83-39-22-18-23-40-83/h17-29,34-46,48,50-62,67-73H,5-16,30-33,47,49,63-66H2,1-4H3. The number of anilines is 9. The Morgan fingerprint density at radius 3 is 0.951 bits per heavy atom. The molecule has 3 aliphatic rings. The lowest BCUT2D eigenvalue weighted by molar-refractivity contribution is 0.401. The molecule has 0 N–H and O–H groups in total. The summed E-state index contributed by atoms with van der Waals surface area (Å²) in [5, 5.41) is 0. The summed E-state index contributed by atoms with van der Waals surface area (Å²) in [6, 6.07) is 110. The molecule has 15 rings (SSSR count). The summed E-state index contributed by atoms with van der Waals surface area (Å²) in [4.78, 5) is 7.55. The Hall–Kier alpha value is -9.96. The third-order valence-corrected chi connectivity index (χ3v) is 23.3. The summed E-state index contributed by atoms with van der Waals surface area (Å²) in [5.41, 5.74) is 31.9. The molecular weight excluding hydrogens is 1240 g/mol. The van der Waals surface area contributed by atoms with Gasteiger partial charge in [0.2, 0.25) is 0 Å². The molecule has 0 amide bonds. The van der Waals surface area contributed by atoms with Crippen LogP contribution < -0.4 is 14.7 Å². The van der Waals surface area contributed by atoms with Crippen LogP contribution in [0.2, 0.25) is 0 Å². The van der Waals surface area contributed by atoms with Gasteiger partial charge in [-0.05, 0) is 237 Å². The van der Waals surface area contributed by atoms with Crippen molar-refractivity contribution in [2.24, 2.45) is 0 Å². The molecule has 0 aromatic heterocycles. The van der Waals surface area contributed by atoms with Gasteiger partial charge in [-0.15, -0.1) is 0 Å². The van der Waals surface area contributed by atoms with Gasteiger partial charge in [0, 0.05) is 62.0 Å². The predicted molar refractivity (Wildman–Crippen MR) is 442 cm³/mol. The Morgan fingerprint density at radius 2 is 0.553 bits per heavy atom. The lowest BCUT2D eigenvalue weighted by Gasteiger charge is -2.35. The first kappa shape index (κ1) is 68.8. The molecule has 0 atom stereocenters. The highest BCUT2D eigenvalue weighted by Crippen LogP contribution is 2.58. The molecule has 3 nitrogen and oxygen atoms in total. The molecule has 518 valence electrons. The van der Waals surface area contributed by atoms with E-state index in [2.05, 4.69) is 328 Å². The highest BCUT2D eigenvalue weighted by atomic mass is 15.2. The fraction of sp³-hybridized carbons (Fsp3) is 0.280. The maximum atomic E-state index is 2.65. The van der Waals surface area contributed by atoms with Crippen LogP contribution >= 0.6 is 0 Å². The third-order valence-electron chi connectivity index (χ3n) is 23.3. The van der Waals surface area contributed by atoms with Crippen molar-refractivity contribution in [3.63, 3.8) is 0 Å². The third kappa shape index (κ3) is 14.1. The first-order valence-corrected chi connectivity index (χ1v) is 39.5. The molecule has 0 heterocycles. The minimum Gasteiger partial charge on any atom is -0.311 e. The summed E-state index contributed by atoms with van der Waals surface area (Å²) < 4.78 is 0. The number of hydrogen-bond donors (Lipinski definition) is 0. The van der Waals surface area contributed by atoms with Crippen LogP contribution in [-0.4, -0.2) is 0 Å². The molecule has 3 heteroatoms. The molecule has 0 fully saturated rings. The molecule has 12 aromatic carbocycles. The number of unbranched alkanes of at least 4 members (excludes halogenated alkanes) is 12. The minimum absolute atomic E-state index is 0.0815. The number of para-hydroxylation sites is 3. The van der Waals surface area contributed by atoms with Gasteiger partial charge in [-0.3, -0.25) is 0 Å². The zero-order valence-corrected chi connectivity index (χ0v) is 61.5. The number of aryl methyl sites for hydroxylation is 2. The zero-order valence-electron chi connectivity index (χ0n) is 61.5. The fourth-order valence-corrected chi connectivity index (χ4v) is 17.9. The number of nitrogens with zero attached hydrogens (tertiary/aromatic N) is 3. The van der Waals surface area contributed by atoms with E-state index in [1.54, 1.807) is 0 Å². The van der Waals surface area contributed by atoms with E-state index in [1.807, 2.05) is 0 Å². The summed E-state index contributed by atoms with van der Waals surface area (Å²) in [6.45, 7) is 9.39. The number of rotatable bonds is 32. The molecule has 0 aliphatic heterocycles. The van der Waals surface area contributed by atoms with Crippen LogP contribution in [0.3, 0.4) is 0 Å². The second kappa shape index (κ2) is 31.7. The Kier molecular flexibility index (Phi) is 21.2. The summed E-state index contributed by atoms with van der Waals surface area (Å²) in [6.07, 6.45) is 26.8. The van der Waals surface area contributed by atoms with Crippen LogP contribution in [0.5, 0.6) is 0 Å². The van der Waals surface area contributed by atoms with Crippen LogP contribution in [-0.2, 0) is 23.7 Å². The van der Waals surface area contributed by atoms with E-state index in [9.17, 15) is 0 Å². The second-order valence-electron chi connectivity index (χ2n) is 29.9. The summed E-state index contributed by atoms with van der Waals surface area (Å²) >= 11 is 0. The van der Waals surface area contributed by atoms with Gasteiger partial charge >= 0.3 is 0 Å². The van der Waals surface area contributed by atoms with Crippen LogP contribution in [0.4, 0.5) is 51.2 Å². The van der Waals surface area contributed by atoms with Gasteiger partial charge < -0.3 is 14.7 Å². The quantitative estimate of drug-likeness (QED) is 0.0389. The highest BCUT2D eigenvalue weighted by Gasteiger charge is 2.44. The minimum atomic E-state index is -0.105. The van der Waals surface area contributed by atoms with Crippen LogP contribution in [0.1, 0.15) is 189 Å². The molecule has 0 spiro atoms. The topological polar surface area (TPSA) is 9.72 Å². The average Bonchev–Trinajstić information content (AvgIpc) is 1.58. The van der Waals surface area contributed by atoms with Gasteiger partial charge in [0.15, 0.2) is 0 Å². The molecule has 3 aliphatic carbocycles. The smallest absolute Gasteiger partial charge is 0.0488 e. The normalized spacial score (nSPS) is 13.3. The van der Waals surface area contributed by atoms with E-state index in [4.69, 9.17) is 0 Å². The van der Waals surface area contributed by atoms with Crippen molar-refractivity contribution in [2.45, 2.75) is 180 Å². The molecular formula is C100H103N3. The number of hydrogen-bond acceptors (Lipinski definition) is 3. The van der Waals surface area contributed by atoms with E-state index in [1.165, 1.54) is 210 Å². The first-order valence-electron chi connectivity index (χ1n) is 39.5. The Balaban J connectivity index is 0.932. The van der Waals surface area contributed by atoms with Gasteiger partial charge in [-0.25, -0.2) is 0 Å².